The van der Waals surface area contributed by atoms with Crippen LogP contribution in [0.15, 0.2) is 10.9 Å². The molecule has 1 N–H and O–H groups in total. The van der Waals surface area contributed by atoms with Crippen molar-refractivity contribution in [2.45, 2.75) is 26.4 Å². The molecular weight excluding hydrogens is 254 g/mol. The number of nitrogens with zero attached hydrogens (tertiary/aromatic N) is 2. The Morgan fingerprint density at radius 2 is 2.25 bits per heavy atom. The Kier molecular flexibility index (Phi) is 5.34. The van der Waals surface area contributed by atoms with Crippen molar-refractivity contribution >= 4 is 0 Å². The van der Waals surface area contributed by atoms with Crippen molar-refractivity contribution in [3.8, 4) is 0 Å². The van der Waals surface area contributed by atoms with Crippen LogP contribution < -0.4 is 10.9 Å². The molecule has 1 aromatic rings. The Labute approximate surface area is 120 Å². The van der Waals surface area contributed by atoms with Crippen molar-refractivity contribution in [2.75, 3.05) is 33.4 Å². The Morgan fingerprint density at radius 3 is 2.95 bits per heavy atom. The summed E-state index contributed by atoms with van der Waals surface area (Å²) in [7, 11) is 3.57. The molecular formula is C15H25N3O2. The molecule has 0 radical (unpaired) electrons. The maximum Gasteiger partial charge on any atom is 0.255 e. The van der Waals surface area contributed by atoms with Gasteiger partial charge in [-0.1, -0.05) is 6.92 Å². The Morgan fingerprint density at radius 1 is 1.45 bits per heavy atom. The highest BCUT2D eigenvalue weighted by Crippen LogP contribution is 2.17. The number of hydrogen-bond acceptors (Lipinski definition) is 4. The first-order valence-electron chi connectivity index (χ1n) is 7.30. The second-order valence-electron chi connectivity index (χ2n) is 5.29. The lowest BCUT2D eigenvalue weighted by Crippen LogP contribution is -2.36. The van der Waals surface area contributed by atoms with Gasteiger partial charge < -0.3 is 14.6 Å². The van der Waals surface area contributed by atoms with Crippen molar-refractivity contribution in [1.82, 2.24) is 14.8 Å². The molecule has 112 valence electrons. The standard InChI is InChI=1S/C15H25N3O2/c1-4-18-7-5-14-13(11-18)9-12(15(19)17(14)2)10-16-6-8-20-3/h9,16H,4-8,10-11H2,1-3H3. The lowest BCUT2D eigenvalue weighted by atomic mass is 10.0. The number of fused-ring (bicyclic) bond motifs is 1. The van der Waals surface area contributed by atoms with Gasteiger partial charge in [0.25, 0.3) is 5.56 Å². The molecule has 0 saturated carbocycles. The highest BCUT2D eigenvalue weighted by molar-refractivity contribution is 5.28. The third-order valence-electron chi connectivity index (χ3n) is 4.01. The van der Waals surface area contributed by atoms with E-state index in [1.807, 2.05) is 11.6 Å². The number of nitrogens with one attached hydrogen (secondary N) is 1. The summed E-state index contributed by atoms with van der Waals surface area (Å²) < 4.78 is 6.83. The molecule has 2 heterocycles. The number of methoxy groups -OCH3 is 1. The maximum atomic E-state index is 12.3. The normalized spacial score (nSPS) is 15.3. The molecule has 0 spiro atoms. The fraction of sp³-hybridized carbons (Fsp3) is 0.667. The van der Waals surface area contributed by atoms with Gasteiger partial charge in [0.05, 0.1) is 6.61 Å². The van der Waals surface area contributed by atoms with Crippen LogP contribution in [0, 0.1) is 0 Å². The van der Waals surface area contributed by atoms with Gasteiger partial charge in [0.15, 0.2) is 0 Å². The van der Waals surface area contributed by atoms with Gasteiger partial charge in [-0.15, -0.1) is 0 Å². The SMILES string of the molecule is CCN1CCc2c(cc(CNCCOC)c(=O)n2C)C1. The van der Waals surface area contributed by atoms with Gasteiger partial charge in [0, 0.05) is 58.0 Å². The van der Waals surface area contributed by atoms with Crippen LogP contribution in [0.2, 0.25) is 0 Å². The Balaban J connectivity index is 2.17. The molecule has 5 nitrogen and oxygen atoms in total. The third-order valence-corrected chi connectivity index (χ3v) is 4.01. The molecule has 0 fully saturated rings. The minimum absolute atomic E-state index is 0.124. The maximum absolute atomic E-state index is 12.3. The number of pyridine rings is 1. The summed E-state index contributed by atoms with van der Waals surface area (Å²) in [6.07, 6.45) is 0.965. The van der Waals surface area contributed by atoms with Crippen molar-refractivity contribution in [3.05, 3.63) is 33.2 Å². The van der Waals surface area contributed by atoms with E-state index in [1.54, 1.807) is 7.11 Å². The summed E-state index contributed by atoms with van der Waals surface area (Å²) in [5.74, 6) is 0. The number of rotatable bonds is 6. The minimum atomic E-state index is 0.124. The zero-order valence-electron chi connectivity index (χ0n) is 12.7. The lowest BCUT2D eigenvalue weighted by Gasteiger charge is -2.29. The van der Waals surface area contributed by atoms with Gasteiger partial charge >= 0.3 is 0 Å². The Hall–Kier alpha value is -1.17. The summed E-state index contributed by atoms with van der Waals surface area (Å²) in [4.78, 5) is 14.7. The second-order valence-corrected chi connectivity index (χ2v) is 5.29. The summed E-state index contributed by atoms with van der Waals surface area (Å²) in [6.45, 7) is 7.26. The molecule has 1 aromatic heterocycles. The highest BCUT2D eigenvalue weighted by Gasteiger charge is 2.19. The van der Waals surface area contributed by atoms with Crippen LogP contribution in [0.3, 0.4) is 0 Å². The van der Waals surface area contributed by atoms with E-state index in [9.17, 15) is 4.79 Å². The smallest absolute Gasteiger partial charge is 0.255 e. The van der Waals surface area contributed by atoms with Gasteiger partial charge in [0.2, 0.25) is 0 Å². The van der Waals surface area contributed by atoms with E-state index in [1.165, 1.54) is 11.3 Å². The van der Waals surface area contributed by atoms with Crippen LogP contribution in [0.1, 0.15) is 23.7 Å². The van der Waals surface area contributed by atoms with E-state index in [0.717, 1.165) is 38.2 Å². The van der Waals surface area contributed by atoms with Gasteiger partial charge in [-0.2, -0.15) is 0 Å². The number of ether oxygens (including phenoxy) is 1. The molecule has 1 aliphatic heterocycles. The molecule has 5 heteroatoms. The molecule has 2 rings (SSSR count). The van der Waals surface area contributed by atoms with Crippen LogP contribution in [0.4, 0.5) is 0 Å². The summed E-state index contributed by atoms with van der Waals surface area (Å²) in [5.41, 5.74) is 3.46. The van der Waals surface area contributed by atoms with E-state index in [0.29, 0.717) is 13.2 Å². The molecule has 0 unspecified atom stereocenters. The van der Waals surface area contributed by atoms with Crippen LogP contribution in [-0.4, -0.2) is 42.8 Å². The molecule has 1 aliphatic rings. The lowest BCUT2D eigenvalue weighted by molar-refractivity contribution is 0.199. The molecule has 20 heavy (non-hydrogen) atoms. The number of aromatic nitrogens is 1. The number of hydrogen-bond donors (Lipinski definition) is 1. The highest BCUT2D eigenvalue weighted by atomic mass is 16.5. The van der Waals surface area contributed by atoms with Gasteiger partial charge in [-0.25, -0.2) is 0 Å². The first-order valence-corrected chi connectivity index (χ1v) is 7.30. The monoisotopic (exact) mass is 279 g/mol. The average Bonchev–Trinajstić information content (AvgIpc) is 2.47. The fourth-order valence-electron chi connectivity index (χ4n) is 2.75. The summed E-state index contributed by atoms with van der Waals surface area (Å²) >= 11 is 0. The number of likely N-dealkylation sites (N-methyl/N-ethyl adjacent to an activating group) is 1. The minimum Gasteiger partial charge on any atom is -0.383 e. The molecule has 0 bridgehead atoms. The molecule has 0 aliphatic carbocycles. The molecule has 0 amide bonds. The van der Waals surface area contributed by atoms with E-state index in [2.05, 4.69) is 23.2 Å². The second kappa shape index (κ2) is 7.02. The van der Waals surface area contributed by atoms with Crippen molar-refractivity contribution in [3.63, 3.8) is 0 Å². The van der Waals surface area contributed by atoms with Crippen LogP contribution in [0.25, 0.3) is 0 Å². The Bertz CT molecular complexity index is 511. The van der Waals surface area contributed by atoms with E-state index < -0.39 is 0 Å². The van der Waals surface area contributed by atoms with Gasteiger partial charge in [0.1, 0.15) is 0 Å². The van der Waals surface area contributed by atoms with Crippen molar-refractivity contribution in [2.24, 2.45) is 7.05 Å². The van der Waals surface area contributed by atoms with Crippen LogP contribution in [0.5, 0.6) is 0 Å². The fourth-order valence-corrected chi connectivity index (χ4v) is 2.75. The summed E-state index contributed by atoms with van der Waals surface area (Å²) in [5, 5.41) is 3.25. The van der Waals surface area contributed by atoms with E-state index >= 15 is 0 Å². The first kappa shape index (κ1) is 15.2. The average molecular weight is 279 g/mol. The van der Waals surface area contributed by atoms with Gasteiger partial charge in [-0.3, -0.25) is 9.69 Å². The predicted molar refractivity (Wildman–Crippen MR) is 79.9 cm³/mol. The van der Waals surface area contributed by atoms with Crippen LogP contribution in [-0.2, 0) is 31.3 Å². The molecule has 0 saturated heterocycles. The third kappa shape index (κ3) is 3.29. The van der Waals surface area contributed by atoms with Gasteiger partial charge in [-0.05, 0) is 18.2 Å². The van der Waals surface area contributed by atoms with Crippen molar-refractivity contribution in [1.29, 1.82) is 0 Å². The molecule has 0 atom stereocenters. The van der Waals surface area contributed by atoms with E-state index in [-0.39, 0.29) is 5.56 Å². The zero-order valence-corrected chi connectivity index (χ0v) is 12.7. The molecule has 0 aromatic carbocycles. The van der Waals surface area contributed by atoms with E-state index in [4.69, 9.17) is 4.74 Å². The van der Waals surface area contributed by atoms with Crippen molar-refractivity contribution < 1.29 is 4.74 Å². The topological polar surface area (TPSA) is 46.5 Å². The predicted octanol–water partition coefficient (Wildman–Crippen LogP) is 0.499. The van der Waals surface area contributed by atoms with Crippen LogP contribution >= 0.6 is 0 Å². The quantitative estimate of drug-likeness (QED) is 0.770. The largest absolute Gasteiger partial charge is 0.383 e. The summed E-state index contributed by atoms with van der Waals surface area (Å²) in [6, 6.07) is 2.08. The zero-order chi connectivity index (χ0) is 14.5. The first-order chi connectivity index (χ1) is 9.67.